The van der Waals surface area contributed by atoms with Crippen molar-refractivity contribution in [3.05, 3.63) is 66.4 Å². The third-order valence-corrected chi connectivity index (χ3v) is 3.26. The first-order chi connectivity index (χ1) is 9.38. The first-order valence-corrected chi connectivity index (χ1v) is 6.19. The lowest BCUT2D eigenvalue weighted by molar-refractivity contribution is 0.530. The van der Waals surface area contributed by atoms with Gasteiger partial charge in [-0.25, -0.2) is 0 Å². The van der Waals surface area contributed by atoms with E-state index in [1.54, 1.807) is 12.5 Å². The summed E-state index contributed by atoms with van der Waals surface area (Å²) in [5.41, 5.74) is 4.90. The fourth-order valence-electron chi connectivity index (χ4n) is 2.30. The molecular formula is C15H15N3O. The van der Waals surface area contributed by atoms with Gasteiger partial charge in [0.2, 0.25) is 0 Å². The summed E-state index contributed by atoms with van der Waals surface area (Å²) in [6, 6.07) is 12.1. The van der Waals surface area contributed by atoms with E-state index in [1.165, 1.54) is 5.39 Å². The van der Waals surface area contributed by atoms with Crippen LogP contribution in [0.5, 0.6) is 0 Å². The molecule has 0 fully saturated rings. The molecule has 4 heteroatoms. The summed E-state index contributed by atoms with van der Waals surface area (Å²) >= 11 is 0. The Morgan fingerprint density at radius 3 is 2.89 bits per heavy atom. The molecule has 0 bridgehead atoms. The van der Waals surface area contributed by atoms with Crippen molar-refractivity contribution in [2.24, 2.45) is 5.84 Å². The van der Waals surface area contributed by atoms with Crippen molar-refractivity contribution in [1.29, 1.82) is 0 Å². The van der Waals surface area contributed by atoms with E-state index in [4.69, 9.17) is 10.3 Å². The second-order valence-corrected chi connectivity index (χ2v) is 4.47. The summed E-state index contributed by atoms with van der Waals surface area (Å²) < 4.78 is 5.09. The first kappa shape index (κ1) is 11.9. The van der Waals surface area contributed by atoms with Crippen LogP contribution in [0.25, 0.3) is 10.8 Å². The number of nitrogens with two attached hydrogens (primary N) is 1. The van der Waals surface area contributed by atoms with E-state index in [0.29, 0.717) is 0 Å². The smallest absolute Gasteiger partial charge is 0.0935 e. The molecule has 1 aromatic carbocycles. The van der Waals surface area contributed by atoms with Gasteiger partial charge in [0.25, 0.3) is 0 Å². The molecule has 2 heterocycles. The van der Waals surface area contributed by atoms with E-state index in [0.717, 1.165) is 23.1 Å². The van der Waals surface area contributed by atoms with E-state index in [1.807, 2.05) is 30.5 Å². The van der Waals surface area contributed by atoms with Crippen molar-refractivity contribution < 1.29 is 4.42 Å². The molecule has 96 valence electrons. The highest BCUT2D eigenvalue weighted by Crippen LogP contribution is 2.24. The Balaban J connectivity index is 2.01. The average Bonchev–Trinajstić information content (AvgIpc) is 2.97. The normalized spacial score (nSPS) is 12.7. The van der Waals surface area contributed by atoms with Crippen LogP contribution in [-0.2, 0) is 6.42 Å². The molecule has 3 rings (SSSR count). The molecule has 1 unspecified atom stereocenters. The van der Waals surface area contributed by atoms with Crippen LogP contribution >= 0.6 is 0 Å². The molecule has 0 saturated heterocycles. The van der Waals surface area contributed by atoms with Crippen molar-refractivity contribution >= 4 is 10.8 Å². The van der Waals surface area contributed by atoms with Crippen LogP contribution < -0.4 is 11.3 Å². The molecule has 2 aromatic heterocycles. The summed E-state index contributed by atoms with van der Waals surface area (Å²) in [6.07, 6.45) is 5.96. The number of rotatable bonds is 4. The van der Waals surface area contributed by atoms with Gasteiger partial charge in [-0.15, -0.1) is 0 Å². The standard InChI is InChI=1S/C15H15N3O/c16-18-14(9-11-6-8-19-10-11)15-13-4-2-1-3-12(13)5-7-17-15/h1-8,10,14,18H,9,16H2. The third kappa shape index (κ3) is 2.36. The number of nitrogens with zero attached hydrogens (tertiary/aromatic N) is 1. The number of hydrogen-bond acceptors (Lipinski definition) is 4. The van der Waals surface area contributed by atoms with Crippen LogP contribution in [0.4, 0.5) is 0 Å². The number of pyridine rings is 1. The van der Waals surface area contributed by atoms with Crippen LogP contribution in [0.15, 0.2) is 59.5 Å². The number of furan rings is 1. The van der Waals surface area contributed by atoms with Crippen molar-refractivity contribution in [3.8, 4) is 0 Å². The van der Waals surface area contributed by atoms with Crippen LogP contribution in [0, 0.1) is 0 Å². The number of nitrogens with one attached hydrogen (secondary N) is 1. The maximum Gasteiger partial charge on any atom is 0.0935 e. The Hall–Kier alpha value is -2.17. The molecule has 0 spiro atoms. The Morgan fingerprint density at radius 1 is 1.21 bits per heavy atom. The Bertz CT molecular complexity index is 659. The topological polar surface area (TPSA) is 64.1 Å². The summed E-state index contributed by atoms with van der Waals surface area (Å²) in [5.74, 6) is 5.69. The lowest BCUT2D eigenvalue weighted by Crippen LogP contribution is -2.30. The van der Waals surface area contributed by atoms with Crippen LogP contribution in [0.1, 0.15) is 17.3 Å². The minimum Gasteiger partial charge on any atom is -0.472 e. The monoisotopic (exact) mass is 253 g/mol. The lowest BCUT2D eigenvalue weighted by Gasteiger charge is -2.16. The lowest BCUT2D eigenvalue weighted by atomic mass is 10.0. The Morgan fingerprint density at radius 2 is 2.11 bits per heavy atom. The van der Waals surface area contributed by atoms with E-state index >= 15 is 0 Å². The van der Waals surface area contributed by atoms with Crippen LogP contribution in [0.3, 0.4) is 0 Å². The molecule has 3 aromatic rings. The number of aromatic nitrogens is 1. The summed E-state index contributed by atoms with van der Waals surface area (Å²) in [4.78, 5) is 4.49. The molecule has 0 amide bonds. The Labute approximate surface area is 111 Å². The van der Waals surface area contributed by atoms with Crippen molar-refractivity contribution in [2.75, 3.05) is 0 Å². The second kappa shape index (κ2) is 5.22. The Kier molecular flexibility index (Phi) is 3.27. The first-order valence-electron chi connectivity index (χ1n) is 6.19. The molecule has 0 aliphatic carbocycles. The molecule has 0 aliphatic heterocycles. The molecule has 0 radical (unpaired) electrons. The minimum atomic E-state index is -0.0382. The zero-order valence-corrected chi connectivity index (χ0v) is 10.4. The number of hydrogen-bond donors (Lipinski definition) is 2. The molecule has 3 N–H and O–H groups in total. The van der Waals surface area contributed by atoms with Gasteiger partial charge < -0.3 is 4.42 Å². The molecule has 0 aliphatic rings. The van der Waals surface area contributed by atoms with Gasteiger partial charge in [0, 0.05) is 11.6 Å². The summed E-state index contributed by atoms with van der Waals surface area (Å²) in [7, 11) is 0. The molecule has 0 saturated carbocycles. The van der Waals surface area contributed by atoms with Gasteiger partial charge in [-0.3, -0.25) is 16.3 Å². The molecular weight excluding hydrogens is 238 g/mol. The van der Waals surface area contributed by atoms with Gasteiger partial charge in [0.15, 0.2) is 0 Å². The van der Waals surface area contributed by atoms with Gasteiger partial charge in [-0.05, 0) is 29.5 Å². The number of fused-ring (bicyclic) bond motifs is 1. The summed E-state index contributed by atoms with van der Waals surface area (Å²) in [6.45, 7) is 0. The van der Waals surface area contributed by atoms with Crippen molar-refractivity contribution in [1.82, 2.24) is 10.4 Å². The minimum absolute atomic E-state index is 0.0382. The zero-order valence-electron chi connectivity index (χ0n) is 10.4. The molecule has 19 heavy (non-hydrogen) atoms. The van der Waals surface area contributed by atoms with Crippen LogP contribution in [-0.4, -0.2) is 4.98 Å². The van der Waals surface area contributed by atoms with Gasteiger partial charge in [-0.2, -0.15) is 0 Å². The number of hydrazine groups is 1. The fraction of sp³-hybridized carbons (Fsp3) is 0.133. The fourth-order valence-corrected chi connectivity index (χ4v) is 2.30. The average molecular weight is 253 g/mol. The third-order valence-electron chi connectivity index (χ3n) is 3.26. The van der Waals surface area contributed by atoms with E-state index in [9.17, 15) is 0 Å². The SMILES string of the molecule is NNC(Cc1ccoc1)c1nccc2ccccc12. The predicted octanol–water partition coefficient (Wildman–Crippen LogP) is 2.57. The van der Waals surface area contributed by atoms with Gasteiger partial charge in [0.05, 0.1) is 24.3 Å². The van der Waals surface area contributed by atoms with Crippen molar-refractivity contribution in [2.45, 2.75) is 12.5 Å². The second-order valence-electron chi connectivity index (χ2n) is 4.47. The molecule has 1 atom stereocenters. The largest absolute Gasteiger partial charge is 0.472 e. The predicted molar refractivity (Wildman–Crippen MR) is 74.2 cm³/mol. The van der Waals surface area contributed by atoms with Gasteiger partial charge >= 0.3 is 0 Å². The van der Waals surface area contributed by atoms with E-state index < -0.39 is 0 Å². The summed E-state index contributed by atoms with van der Waals surface area (Å²) in [5, 5.41) is 2.29. The quantitative estimate of drug-likeness (QED) is 0.554. The van der Waals surface area contributed by atoms with Crippen molar-refractivity contribution in [3.63, 3.8) is 0 Å². The highest BCUT2D eigenvalue weighted by atomic mass is 16.3. The maximum absolute atomic E-state index is 5.69. The maximum atomic E-state index is 5.69. The molecule has 4 nitrogen and oxygen atoms in total. The zero-order chi connectivity index (χ0) is 13.1. The highest BCUT2D eigenvalue weighted by molar-refractivity contribution is 5.84. The van der Waals surface area contributed by atoms with E-state index in [2.05, 4.69) is 22.5 Å². The van der Waals surface area contributed by atoms with Crippen LogP contribution in [0.2, 0.25) is 0 Å². The van der Waals surface area contributed by atoms with Gasteiger partial charge in [-0.1, -0.05) is 24.3 Å². The highest BCUT2D eigenvalue weighted by Gasteiger charge is 2.15. The van der Waals surface area contributed by atoms with E-state index in [-0.39, 0.29) is 6.04 Å². The van der Waals surface area contributed by atoms with Gasteiger partial charge in [0.1, 0.15) is 0 Å². The number of benzene rings is 1.